The Balaban J connectivity index is 1.73. The molecule has 0 unspecified atom stereocenters. The lowest BCUT2D eigenvalue weighted by Crippen LogP contribution is -2.31. The topological polar surface area (TPSA) is 15.3 Å². The van der Waals surface area contributed by atoms with Crippen LogP contribution in [-0.2, 0) is 0 Å². The molecule has 50 valence electrons. The highest BCUT2D eigenvalue weighted by atomic mass is 15.5. The Hall–Kier alpha value is -0.500. The Morgan fingerprint density at radius 1 is 1.56 bits per heavy atom. The fourth-order valence-electron chi connectivity index (χ4n) is 1.13. The van der Waals surface area contributed by atoms with E-state index in [9.17, 15) is 0 Å². The minimum Gasteiger partial charge on any atom is -0.326 e. The molecule has 2 aliphatic rings. The van der Waals surface area contributed by atoms with Gasteiger partial charge in [-0.2, -0.15) is 0 Å². The van der Waals surface area contributed by atoms with Gasteiger partial charge in [-0.05, 0) is 18.8 Å². The van der Waals surface area contributed by atoms with Crippen molar-refractivity contribution in [1.82, 2.24) is 10.4 Å². The SMILES string of the molecule is C1=CNN(CC2CC2)C1. The van der Waals surface area contributed by atoms with Gasteiger partial charge in [-0.25, -0.2) is 5.01 Å². The molecule has 1 fully saturated rings. The lowest BCUT2D eigenvalue weighted by atomic mass is 10.4. The van der Waals surface area contributed by atoms with Gasteiger partial charge in [0.15, 0.2) is 0 Å². The van der Waals surface area contributed by atoms with Gasteiger partial charge in [-0.15, -0.1) is 0 Å². The van der Waals surface area contributed by atoms with Crippen molar-refractivity contribution in [1.29, 1.82) is 0 Å². The van der Waals surface area contributed by atoms with Gasteiger partial charge in [-0.3, -0.25) is 0 Å². The van der Waals surface area contributed by atoms with E-state index in [-0.39, 0.29) is 0 Å². The van der Waals surface area contributed by atoms with E-state index in [2.05, 4.69) is 16.5 Å². The van der Waals surface area contributed by atoms with E-state index in [1.807, 2.05) is 6.20 Å². The molecule has 1 N–H and O–H groups in total. The molecule has 0 aromatic carbocycles. The van der Waals surface area contributed by atoms with Crippen LogP contribution in [0.4, 0.5) is 0 Å². The molecular weight excluding hydrogens is 112 g/mol. The van der Waals surface area contributed by atoms with Crippen LogP contribution < -0.4 is 5.43 Å². The van der Waals surface area contributed by atoms with Gasteiger partial charge in [0.25, 0.3) is 0 Å². The molecular formula is C7H12N2. The molecule has 2 rings (SSSR count). The van der Waals surface area contributed by atoms with Crippen LogP contribution in [0, 0.1) is 5.92 Å². The summed E-state index contributed by atoms with van der Waals surface area (Å²) in [5.41, 5.74) is 3.18. The molecule has 0 atom stereocenters. The number of nitrogens with zero attached hydrogens (tertiary/aromatic N) is 1. The van der Waals surface area contributed by atoms with Crippen LogP contribution in [-0.4, -0.2) is 18.1 Å². The van der Waals surface area contributed by atoms with Gasteiger partial charge < -0.3 is 5.43 Å². The second-order valence-corrected chi connectivity index (χ2v) is 2.88. The van der Waals surface area contributed by atoms with Crippen LogP contribution in [0.25, 0.3) is 0 Å². The van der Waals surface area contributed by atoms with Gasteiger partial charge in [0.05, 0.1) is 0 Å². The quantitative estimate of drug-likeness (QED) is 0.584. The molecule has 0 aromatic heterocycles. The normalized spacial score (nSPS) is 26.7. The monoisotopic (exact) mass is 124 g/mol. The first kappa shape index (κ1) is 5.30. The summed E-state index contributed by atoms with van der Waals surface area (Å²) in [6.45, 7) is 2.34. The zero-order valence-electron chi connectivity index (χ0n) is 5.51. The summed E-state index contributed by atoms with van der Waals surface area (Å²) in [4.78, 5) is 0. The van der Waals surface area contributed by atoms with Gasteiger partial charge >= 0.3 is 0 Å². The van der Waals surface area contributed by atoms with Crippen LogP contribution in [0.1, 0.15) is 12.8 Å². The molecule has 0 radical (unpaired) electrons. The molecule has 1 heterocycles. The highest BCUT2D eigenvalue weighted by Gasteiger charge is 2.24. The summed E-state index contributed by atoms with van der Waals surface area (Å²) < 4.78 is 0. The highest BCUT2D eigenvalue weighted by Crippen LogP contribution is 2.29. The third kappa shape index (κ3) is 1.24. The number of nitrogens with one attached hydrogen (secondary N) is 1. The number of hydrazine groups is 1. The molecule has 1 aliphatic carbocycles. The Morgan fingerprint density at radius 2 is 2.44 bits per heavy atom. The Morgan fingerprint density at radius 3 is 3.00 bits per heavy atom. The van der Waals surface area contributed by atoms with Crippen LogP contribution in [0.15, 0.2) is 12.3 Å². The average molecular weight is 124 g/mol. The Kier molecular flexibility index (Phi) is 1.19. The smallest absolute Gasteiger partial charge is 0.0376 e. The van der Waals surface area contributed by atoms with Crippen molar-refractivity contribution in [2.75, 3.05) is 13.1 Å². The number of hydrogen-bond donors (Lipinski definition) is 1. The zero-order chi connectivity index (χ0) is 6.10. The van der Waals surface area contributed by atoms with E-state index in [0.29, 0.717) is 0 Å². The fraction of sp³-hybridized carbons (Fsp3) is 0.714. The molecule has 1 aliphatic heterocycles. The lowest BCUT2D eigenvalue weighted by molar-refractivity contribution is 0.255. The summed E-state index contributed by atoms with van der Waals surface area (Å²) in [7, 11) is 0. The maximum absolute atomic E-state index is 3.18. The first-order chi connectivity index (χ1) is 4.45. The van der Waals surface area contributed by atoms with Gasteiger partial charge in [0.1, 0.15) is 0 Å². The van der Waals surface area contributed by atoms with E-state index in [1.54, 1.807) is 0 Å². The molecule has 0 aromatic rings. The van der Waals surface area contributed by atoms with Crippen LogP contribution in [0.3, 0.4) is 0 Å². The lowest BCUT2D eigenvalue weighted by Gasteiger charge is -2.14. The van der Waals surface area contributed by atoms with E-state index in [1.165, 1.54) is 19.4 Å². The van der Waals surface area contributed by atoms with Crippen molar-refractivity contribution < 1.29 is 0 Å². The van der Waals surface area contributed by atoms with E-state index < -0.39 is 0 Å². The van der Waals surface area contributed by atoms with Crippen molar-refractivity contribution in [3.05, 3.63) is 12.3 Å². The van der Waals surface area contributed by atoms with Crippen LogP contribution >= 0.6 is 0 Å². The van der Waals surface area contributed by atoms with Crippen molar-refractivity contribution in [3.63, 3.8) is 0 Å². The van der Waals surface area contributed by atoms with Gasteiger partial charge in [0, 0.05) is 19.3 Å². The number of hydrogen-bond acceptors (Lipinski definition) is 2. The third-order valence-electron chi connectivity index (χ3n) is 1.88. The molecule has 2 heteroatoms. The zero-order valence-corrected chi connectivity index (χ0v) is 5.51. The molecule has 1 saturated carbocycles. The van der Waals surface area contributed by atoms with Crippen molar-refractivity contribution in [3.8, 4) is 0 Å². The first-order valence-corrected chi connectivity index (χ1v) is 3.61. The number of rotatable bonds is 2. The van der Waals surface area contributed by atoms with Crippen LogP contribution in [0.2, 0.25) is 0 Å². The van der Waals surface area contributed by atoms with Crippen molar-refractivity contribution >= 4 is 0 Å². The van der Waals surface area contributed by atoms with Crippen molar-refractivity contribution in [2.24, 2.45) is 5.92 Å². The second-order valence-electron chi connectivity index (χ2n) is 2.88. The molecule has 9 heavy (non-hydrogen) atoms. The maximum Gasteiger partial charge on any atom is 0.0376 e. The summed E-state index contributed by atoms with van der Waals surface area (Å²) >= 11 is 0. The van der Waals surface area contributed by atoms with Crippen molar-refractivity contribution in [2.45, 2.75) is 12.8 Å². The minimum atomic E-state index is 0.998. The van der Waals surface area contributed by atoms with Gasteiger partial charge in [0.2, 0.25) is 0 Å². The summed E-state index contributed by atoms with van der Waals surface area (Å²) in [6, 6.07) is 0. The molecule has 0 spiro atoms. The predicted octanol–water partition coefficient (Wildman–Crippen LogP) is 0.730. The summed E-state index contributed by atoms with van der Waals surface area (Å²) in [5.74, 6) is 0.998. The molecule has 2 nitrogen and oxygen atoms in total. The molecule has 0 saturated heterocycles. The highest BCUT2D eigenvalue weighted by molar-refractivity contribution is 4.90. The maximum atomic E-state index is 3.18. The standard InChI is InChI=1S/C7H12N2/c1-4-8-9(5-1)6-7-2-3-7/h1,4,7-8H,2-3,5-6H2. The Labute approximate surface area is 55.5 Å². The summed E-state index contributed by atoms with van der Waals surface area (Å²) in [6.07, 6.45) is 7.06. The predicted molar refractivity (Wildman–Crippen MR) is 36.6 cm³/mol. The minimum absolute atomic E-state index is 0.998. The van der Waals surface area contributed by atoms with E-state index in [0.717, 1.165) is 12.5 Å². The third-order valence-corrected chi connectivity index (χ3v) is 1.88. The van der Waals surface area contributed by atoms with E-state index in [4.69, 9.17) is 0 Å². The Bertz CT molecular complexity index is 119. The van der Waals surface area contributed by atoms with E-state index >= 15 is 0 Å². The largest absolute Gasteiger partial charge is 0.326 e. The molecule has 0 bridgehead atoms. The second kappa shape index (κ2) is 2.03. The average Bonchev–Trinajstić information content (AvgIpc) is 2.46. The summed E-state index contributed by atoms with van der Waals surface area (Å²) in [5, 5.41) is 2.26. The molecule has 0 amide bonds. The first-order valence-electron chi connectivity index (χ1n) is 3.61. The fourth-order valence-corrected chi connectivity index (χ4v) is 1.13. The van der Waals surface area contributed by atoms with Crippen LogP contribution in [0.5, 0.6) is 0 Å². The van der Waals surface area contributed by atoms with Gasteiger partial charge in [-0.1, -0.05) is 6.08 Å².